The van der Waals surface area contributed by atoms with Crippen LogP contribution >= 0.6 is 35.6 Å². The minimum absolute atomic E-state index is 0. The number of nitrogens with one attached hydrogen (secondary N) is 2. The molecule has 160 valence electrons. The van der Waals surface area contributed by atoms with Crippen molar-refractivity contribution in [3.05, 3.63) is 35.2 Å². The van der Waals surface area contributed by atoms with Crippen LogP contribution in [0.5, 0.6) is 0 Å². The first kappa shape index (κ1) is 23.9. The molecule has 7 nitrogen and oxygen atoms in total. The maximum atomic E-state index is 6.02. The van der Waals surface area contributed by atoms with Crippen molar-refractivity contribution in [3.63, 3.8) is 0 Å². The van der Waals surface area contributed by atoms with Crippen molar-refractivity contribution >= 4 is 41.5 Å². The number of nitrogens with zero attached hydrogens (tertiary/aromatic N) is 3. The van der Waals surface area contributed by atoms with Gasteiger partial charge in [-0.3, -0.25) is 4.99 Å². The Balaban J connectivity index is 0.00000300. The molecule has 1 fully saturated rings. The number of aliphatic imine (C=N–C) groups is 1. The number of methoxy groups -OCH3 is 1. The summed E-state index contributed by atoms with van der Waals surface area (Å²) in [5, 5.41) is 11.4. The molecule has 0 saturated heterocycles. The number of rotatable bonds is 8. The Hall–Kier alpha value is -1.39. The lowest BCUT2D eigenvalue weighted by Gasteiger charge is -2.29. The van der Waals surface area contributed by atoms with Crippen LogP contribution in [0.2, 0.25) is 5.02 Å². The number of guanidine groups is 1. The number of aromatic nitrogens is 2. The predicted molar refractivity (Wildman–Crippen MR) is 126 cm³/mol. The molecule has 1 heterocycles. The molecule has 2 N–H and O–H groups in total. The second kappa shape index (κ2) is 11.7. The smallest absolute Gasteiger partial charge is 0.246 e. The molecule has 9 heteroatoms. The van der Waals surface area contributed by atoms with E-state index >= 15 is 0 Å². The third-order valence-electron chi connectivity index (χ3n) is 5.31. The molecular weight excluding hydrogens is 505 g/mol. The normalized spacial score (nSPS) is 15.8. The first-order valence-corrected chi connectivity index (χ1v) is 10.0. The number of hydrogen-bond acceptors (Lipinski definition) is 5. The minimum Gasteiger partial charge on any atom is -0.385 e. The second-order valence-corrected chi connectivity index (χ2v) is 7.69. The highest BCUT2D eigenvalue weighted by atomic mass is 127. The van der Waals surface area contributed by atoms with E-state index in [-0.39, 0.29) is 29.4 Å². The van der Waals surface area contributed by atoms with Gasteiger partial charge in [0.05, 0.1) is 6.54 Å². The van der Waals surface area contributed by atoms with Gasteiger partial charge in [0.1, 0.15) is 0 Å². The highest BCUT2D eigenvalue weighted by molar-refractivity contribution is 14.0. The lowest BCUT2D eigenvalue weighted by Crippen LogP contribution is -2.43. The topological polar surface area (TPSA) is 84.6 Å². The van der Waals surface area contributed by atoms with E-state index in [1.54, 1.807) is 14.2 Å². The Labute approximate surface area is 194 Å². The Morgan fingerprint density at radius 2 is 2.10 bits per heavy atom. The molecule has 0 radical (unpaired) electrons. The van der Waals surface area contributed by atoms with Crippen LogP contribution in [0.15, 0.2) is 33.8 Å². The number of benzene rings is 1. The highest BCUT2D eigenvalue weighted by Gasteiger charge is 2.33. The largest absolute Gasteiger partial charge is 0.385 e. The molecule has 1 aromatic carbocycles. The molecule has 0 aliphatic heterocycles. The zero-order chi connectivity index (χ0) is 19.8. The monoisotopic (exact) mass is 533 g/mol. The third-order valence-corrected chi connectivity index (χ3v) is 5.55. The third kappa shape index (κ3) is 6.82. The number of hydrogen-bond donors (Lipinski definition) is 2. The fourth-order valence-electron chi connectivity index (χ4n) is 3.68. The van der Waals surface area contributed by atoms with Gasteiger partial charge in [-0.05, 0) is 36.8 Å². The number of ether oxygens (including phenoxy) is 1. The van der Waals surface area contributed by atoms with Crippen LogP contribution in [0.25, 0.3) is 11.4 Å². The van der Waals surface area contributed by atoms with E-state index in [1.807, 2.05) is 24.3 Å². The van der Waals surface area contributed by atoms with Gasteiger partial charge in [-0.1, -0.05) is 41.7 Å². The van der Waals surface area contributed by atoms with Crippen molar-refractivity contribution in [2.75, 3.05) is 27.3 Å². The molecule has 1 aliphatic rings. The van der Waals surface area contributed by atoms with Crippen LogP contribution in [0.3, 0.4) is 0 Å². The van der Waals surface area contributed by atoms with Crippen LogP contribution < -0.4 is 10.6 Å². The van der Waals surface area contributed by atoms with E-state index < -0.39 is 0 Å². The first-order chi connectivity index (χ1) is 13.6. The predicted octanol–water partition coefficient (Wildman–Crippen LogP) is 4.27. The summed E-state index contributed by atoms with van der Waals surface area (Å²) in [5.74, 6) is 1.74. The zero-order valence-corrected chi connectivity index (χ0v) is 20.0. The van der Waals surface area contributed by atoms with E-state index in [0.29, 0.717) is 23.3 Å². The molecule has 0 amide bonds. The van der Waals surface area contributed by atoms with Gasteiger partial charge in [0, 0.05) is 37.9 Å². The van der Waals surface area contributed by atoms with Crippen LogP contribution in [-0.4, -0.2) is 43.4 Å². The maximum absolute atomic E-state index is 6.02. The summed E-state index contributed by atoms with van der Waals surface area (Å²) in [6.45, 7) is 2.08. The standard InChI is InChI=1S/C20H28ClN5O2.HI/c1-22-19(24-14-20(10-11-27-2)8-3-4-9-20)23-13-17-25-18(26-28-17)15-6-5-7-16(21)12-15;/h5-7,12H,3-4,8-11,13-14H2,1-2H3,(H2,22,23,24);1H. The fraction of sp³-hybridized carbons (Fsp3) is 0.550. The van der Waals surface area contributed by atoms with Crippen molar-refractivity contribution in [2.24, 2.45) is 10.4 Å². The fourth-order valence-corrected chi connectivity index (χ4v) is 3.87. The zero-order valence-electron chi connectivity index (χ0n) is 16.9. The second-order valence-electron chi connectivity index (χ2n) is 7.25. The van der Waals surface area contributed by atoms with Gasteiger partial charge < -0.3 is 19.9 Å². The van der Waals surface area contributed by atoms with Crippen molar-refractivity contribution < 1.29 is 9.26 Å². The maximum Gasteiger partial charge on any atom is 0.246 e. The molecule has 1 aromatic heterocycles. The molecular formula is C20H29ClIN5O2. The molecule has 1 saturated carbocycles. The van der Waals surface area contributed by atoms with Crippen molar-refractivity contribution in [3.8, 4) is 11.4 Å². The van der Waals surface area contributed by atoms with Gasteiger partial charge in [-0.25, -0.2) is 0 Å². The van der Waals surface area contributed by atoms with Gasteiger partial charge in [0.15, 0.2) is 5.96 Å². The quantitative estimate of drug-likeness (QED) is 0.300. The Morgan fingerprint density at radius 3 is 2.79 bits per heavy atom. The van der Waals surface area contributed by atoms with Crippen molar-refractivity contribution in [1.82, 2.24) is 20.8 Å². The minimum atomic E-state index is 0. The van der Waals surface area contributed by atoms with Gasteiger partial charge >= 0.3 is 0 Å². The summed E-state index contributed by atoms with van der Waals surface area (Å²) >= 11 is 6.02. The molecule has 0 spiro atoms. The summed E-state index contributed by atoms with van der Waals surface area (Å²) in [6.07, 6.45) is 6.09. The van der Waals surface area contributed by atoms with E-state index in [0.717, 1.165) is 31.1 Å². The van der Waals surface area contributed by atoms with E-state index in [2.05, 4.69) is 25.8 Å². The lowest BCUT2D eigenvalue weighted by atomic mass is 9.83. The Kier molecular flexibility index (Phi) is 9.64. The van der Waals surface area contributed by atoms with Crippen LogP contribution in [-0.2, 0) is 11.3 Å². The van der Waals surface area contributed by atoms with E-state index in [1.165, 1.54) is 25.7 Å². The average molecular weight is 534 g/mol. The average Bonchev–Trinajstić information content (AvgIpc) is 3.37. The molecule has 0 atom stereocenters. The van der Waals surface area contributed by atoms with E-state index in [4.69, 9.17) is 20.9 Å². The van der Waals surface area contributed by atoms with Crippen molar-refractivity contribution in [2.45, 2.75) is 38.6 Å². The van der Waals surface area contributed by atoms with Crippen LogP contribution in [0, 0.1) is 5.41 Å². The van der Waals surface area contributed by atoms with E-state index in [9.17, 15) is 0 Å². The molecule has 3 rings (SSSR count). The molecule has 1 aliphatic carbocycles. The van der Waals surface area contributed by atoms with Gasteiger partial charge in [-0.2, -0.15) is 4.98 Å². The molecule has 2 aromatic rings. The first-order valence-electron chi connectivity index (χ1n) is 9.66. The highest BCUT2D eigenvalue weighted by Crippen LogP contribution is 2.40. The summed E-state index contributed by atoms with van der Waals surface area (Å²) in [7, 11) is 3.52. The molecule has 29 heavy (non-hydrogen) atoms. The van der Waals surface area contributed by atoms with Crippen LogP contribution in [0.4, 0.5) is 0 Å². The number of halogens is 2. The summed E-state index contributed by atoms with van der Waals surface area (Å²) in [6, 6.07) is 7.38. The lowest BCUT2D eigenvalue weighted by molar-refractivity contribution is 0.138. The SMILES string of the molecule is CN=C(NCc1nc(-c2cccc(Cl)c2)no1)NCC1(CCOC)CCCC1.I. The Bertz CT molecular complexity index is 793. The van der Waals surface area contributed by atoms with Gasteiger partial charge in [0.25, 0.3) is 0 Å². The van der Waals surface area contributed by atoms with Gasteiger partial charge in [-0.15, -0.1) is 24.0 Å². The summed E-state index contributed by atoms with van der Waals surface area (Å²) < 4.78 is 10.6. The molecule has 0 bridgehead atoms. The Morgan fingerprint density at radius 1 is 1.31 bits per heavy atom. The van der Waals surface area contributed by atoms with Crippen molar-refractivity contribution in [1.29, 1.82) is 0 Å². The molecule has 0 unspecified atom stereocenters. The summed E-state index contributed by atoms with van der Waals surface area (Å²) in [5.41, 5.74) is 1.11. The van der Waals surface area contributed by atoms with Crippen LogP contribution in [0.1, 0.15) is 38.0 Å². The van der Waals surface area contributed by atoms with Gasteiger partial charge in [0.2, 0.25) is 11.7 Å². The summed E-state index contributed by atoms with van der Waals surface area (Å²) in [4.78, 5) is 8.73.